The van der Waals surface area contributed by atoms with Crippen LogP contribution < -0.4 is 26.8 Å². The third-order valence-electron chi connectivity index (χ3n) is 9.56. The highest BCUT2D eigenvalue weighted by molar-refractivity contribution is 7.89. The van der Waals surface area contributed by atoms with Gasteiger partial charge in [0, 0.05) is 30.1 Å². The molecule has 1 aromatic heterocycles. The number of carbonyl (C=O) groups excluding carboxylic acids is 2. The number of nitrogens with one attached hydrogen (secondary N) is 4. The minimum Gasteiger partial charge on any atom is -0.344 e. The van der Waals surface area contributed by atoms with E-state index in [1.165, 1.54) is 0 Å². The van der Waals surface area contributed by atoms with E-state index in [4.69, 9.17) is 5.73 Å². The quantitative estimate of drug-likeness (QED) is 0.106. The van der Waals surface area contributed by atoms with Crippen LogP contribution in [0.1, 0.15) is 42.4 Å². The molecule has 5 aromatic rings. The number of aryl methyl sites for hydroxylation is 1. The Bertz CT molecular complexity index is 2180. The van der Waals surface area contributed by atoms with Crippen LogP contribution in [0.25, 0.3) is 22.5 Å². The highest BCUT2D eigenvalue weighted by Gasteiger charge is 2.29. The molecule has 4 aromatic carbocycles. The van der Waals surface area contributed by atoms with Crippen molar-refractivity contribution in [1.29, 1.82) is 0 Å². The first-order chi connectivity index (χ1) is 25.1. The van der Waals surface area contributed by atoms with E-state index in [-0.39, 0.29) is 47.9 Å². The van der Waals surface area contributed by atoms with Crippen LogP contribution in [0.15, 0.2) is 111 Å². The lowest BCUT2D eigenvalue weighted by molar-refractivity contribution is -0.130. The molecule has 1 fully saturated rings. The molecule has 14 heteroatoms. The largest absolute Gasteiger partial charge is 0.439 e. The number of benzene rings is 4. The third kappa shape index (κ3) is 10.1. The van der Waals surface area contributed by atoms with Gasteiger partial charge in [0.15, 0.2) is 5.82 Å². The molecule has 0 saturated heterocycles. The third-order valence-corrected chi connectivity index (χ3v) is 11.0. The van der Waals surface area contributed by atoms with Gasteiger partial charge >= 0.3 is 5.76 Å². The highest BCUT2D eigenvalue weighted by Crippen LogP contribution is 2.30. The normalized spacial score (nSPS) is 16.3. The number of H-pyrrole nitrogens is 1. The van der Waals surface area contributed by atoms with Crippen molar-refractivity contribution >= 4 is 39.9 Å². The molecule has 1 aliphatic carbocycles. The van der Waals surface area contributed by atoms with Gasteiger partial charge in [0.2, 0.25) is 21.8 Å². The van der Waals surface area contributed by atoms with E-state index in [0.29, 0.717) is 36.6 Å². The van der Waals surface area contributed by atoms with Crippen LogP contribution in [0.3, 0.4) is 0 Å². The molecule has 12 nitrogen and oxygen atoms in total. The fourth-order valence-electron chi connectivity index (χ4n) is 6.49. The van der Waals surface area contributed by atoms with Gasteiger partial charge in [0.05, 0.1) is 4.90 Å². The summed E-state index contributed by atoms with van der Waals surface area (Å²) in [6, 6.07) is 27.7. The molecule has 6 N–H and O–H groups in total. The average molecular weight is 759 g/mol. The summed E-state index contributed by atoms with van der Waals surface area (Å²) >= 11 is 0. The topological polar surface area (TPSA) is 189 Å². The van der Waals surface area contributed by atoms with Crippen molar-refractivity contribution in [2.45, 2.75) is 56.5 Å². The standard InChI is InChI=1S/C39H42N6O6S.ClH/c1-25-10-19-33(52(49,50)41-24-27-6-3-2-4-7-27)22-34(25)31-9-5-8-28(20-31)21-35(43-37(46)30-13-11-26(23-40)12-14-30)38(47)42-32-17-15-29(16-18-32)36-44-39(48)51-45-36;/h2-10,15-20,22,26,30,35,41H,11-14,21,23-24,40H2,1H3,(H,42,47)(H,43,46)(H,44,45,48);1H/t26-,30-,35-;/m0./s1. The summed E-state index contributed by atoms with van der Waals surface area (Å²) in [7, 11) is -3.80. The number of aromatic nitrogens is 2. The number of aromatic amines is 1. The van der Waals surface area contributed by atoms with Crippen LogP contribution in [0.4, 0.5) is 5.69 Å². The van der Waals surface area contributed by atoms with Crippen molar-refractivity contribution < 1.29 is 22.5 Å². The maximum absolute atomic E-state index is 13.8. The zero-order valence-electron chi connectivity index (χ0n) is 29.2. The fraction of sp³-hybridized carbons (Fsp3) is 0.282. The van der Waals surface area contributed by atoms with Gasteiger partial charge in [-0.3, -0.25) is 19.1 Å². The lowest BCUT2D eigenvalue weighted by Crippen LogP contribution is -2.48. The molecule has 0 aliphatic heterocycles. The lowest BCUT2D eigenvalue weighted by Gasteiger charge is -2.28. The Kier molecular flexibility index (Phi) is 13.0. The van der Waals surface area contributed by atoms with Crippen molar-refractivity contribution in [3.63, 3.8) is 0 Å². The summed E-state index contributed by atoms with van der Waals surface area (Å²) in [5, 5.41) is 9.63. The average Bonchev–Trinajstić information content (AvgIpc) is 3.60. The van der Waals surface area contributed by atoms with E-state index in [0.717, 1.165) is 40.7 Å². The van der Waals surface area contributed by atoms with E-state index >= 15 is 0 Å². The number of hydrogen-bond acceptors (Lipinski definition) is 8. The Balaban J connectivity index is 0.00000541. The molecule has 1 heterocycles. The van der Waals surface area contributed by atoms with Crippen LogP contribution in [0, 0.1) is 18.8 Å². The minimum absolute atomic E-state index is 0. The molecule has 0 bridgehead atoms. The number of amides is 2. The van der Waals surface area contributed by atoms with Gasteiger partial charge in [-0.2, -0.15) is 0 Å². The van der Waals surface area contributed by atoms with E-state index < -0.39 is 27.7 Å². The minimum atomic E-state index is -3.80. The zero-order valence-corrected chi connectivity index (χ0v) is 30.8. The van der Waals surface area contributed by atoms with Crippen molar-refractivity contribution in [3.8, 4) is 22.5 Å². The molecule has 1 aliphatic rings. The van der Waals surface area contributed by atoms with Crippen molar-refractivity contribution in [1.82, 2.24) is 20.2 Å². The van der Waals surface area contributed by atoms with Crippen LogP contribution in [0.5, 0.6) is 0 Å². The molecular weight excluding hydrogens is 716 g/mol. The summed E-state index contributed by atoms with van der Waals surface area (Å²) in [6.45, 7) is 2.68. The molecule has 0 radical (unpaired) electrons. The molecule has 53 heavy (non-hydrogen) atoms. The van der Waals surface area contributed by atoms with Gasteiger partial charge in [0.25, 0.3) is 0 Å². The van der Waals surface area contributed by atoms with E-state index in [1.54, 1.807) is 42.5 Å². The number of sulfonamides is 1. The number of nitrogens with two attached hydrogens (primary N) is 1. The van der Waals surface area contributed by atoms with Gasteiger partial charge in [-0.1, -0.05) is 65.8 Å². The second-order valence-electron chi connectivity index (χ2n) is 13.2. The second-order valence-corrected chi connectivity index (χ2v) is 15.0. The summed E-state index contributed by atoms with van der Waals surface area (Å²) in [5.41, 5.74) is 11.0. The number of rotatable bonds is 13. The predicted molar refractivity (Wildman–Crippen MR) is 206 cm³/mol. The molecule has 2 amide bonds. The first-order valence-electron chi connectivity index (χ1n) is 17.3. The monoisotopic (exact) mass is 758 g/mol. The molecule has 1 atom stereocenters. The lowest BCUT2D eigenvalue weighted by atomic mass is 9.81. The SMILES string of the molecule is Cc1ccc(S(=O)(=O)NCc2ccccc2)cc1-c1cccc(C[C@H](NC(=O)[C@H]2CC[C@H](CN)CC2)C(=O)Nc2ccc(-c3noc(=O)[nH]3)cc2)c1.Cl. The molecule has 0 unspecified atom stereocenters. The number of hydrogen-bond donors (Lipinski definition) is 5. The molecule has 278 valence electrons. The summed E-state index contributed by atoms with van der Waals surface area (Å²) in [5.74, 6) is -0.786. The number of carbonyl (C=O) groups is 2. The Morgan fingerprint density at radius 1 is 0.906 bits per heavy atom. The first kappa shape index (κ1) is 39.1. The second kappa shape index (κ2) is 17.6. The Morgan fingerprint density at radius 3 is 2.30 bits per heavy atom. The highest BCUT2D eigenvalue weighted by atomic mass is 35.5. The summed E-state index contributed by atoms with van der Waals surface area (Å²) in [6.07, 6.45) is 3.35. The fourth-order valence-corrected chi connectivity index (χ4v) is 7.54. The van der Waals surface area contributed by atoms with Crippen molar-refractivity contribution in [2.75, 3.05) is 11.9 Å². The Labute approximate surface area is 314 Å². The number of anilines is 1. The van der Waals surface area contributed by atoms with Gasteiger partial charge in [0.1, 0.15) is 6.04 Å². The van der Waals surface area contributed by atoms with Crippen LogP contribution >= 0.6 is 12.4 Å². The Hall–Kier alpha value is -5.08. The molecule has 1 saturated carbocycles. The smallest absolute Gasteiger partial charge is 0.344 e. The van der Waals surface area contributed by atoms with E-state index in [9.17, 15) is 22.8 Å². The summed E-state index contributed by atoms with van der Waals surface area (Å²) in [4.78, 5) is 41.4. The van der Waals surface area contributed by atoms with Crippen LogP contribution in [-0.4, -0.2) is 43.0 Å². The van der Waals surface area contributed by atoms with Gasteiger partial charge in [-0.05, 0) is 109 Å². The zero-order chi connectivity index (χ0) is 36.7. The predicted octanol–water partition coefficient (Wildman–Crippen LogP) is 5.34. The van der Waals surface area contributed by atoms with Crippen molar-refractivity contribution in [2.24, 2.45) is 17.6 Å². The first-order valence-corrected chi connectivity index (χ1v) is 18.8. The molecular formula is C39H43ClN6O6S. The van der Waals surface area contributed by atoms with Crippen molar-refractivity contribution in [3.05, 3.63) is 124 Å². The summed E-state index contributed by atoms with van der Waals surface area (Å²) < 4.78 is 33.8. The van der Waals surface area contributed by atoms with Crippen LogP contribution in [-0.2, 0) is 32.6 Å². The maximum atomic E-state index is 13.8. The Morgan fingerprint density at radius 2 is 1.62 bits per heavy atom. The number of halogens is 1. The van der Waals surface area contributed by atoms with Gasteiger partial charge < -0.3 is 16.4 Å². The van der Waals surface area contributed by atoms with Gasteiger partial charge in [-0.25, -0.2) is 17.9 Å². The van der Waals surface area contributed by atoms with E-state index in [2.05, 4.69) is 30.0 Å². The van der Waals surface area contributed by atoms with Gasteiger partial charge in [-0.15, -0.1) is 12.4 Å². The number of nitrogens with zero attached hydrogens (tertiary/aromatic N) is 1. The molecule has 6 rings (SSSR count). The maximum Gasteiger partial charge on any atom is 0.439 e. The van der Waals surface area contributed by atoms with E-state index in [1.807, 2.05) is 61.5 Å². The molecule has 0 spiro atoms. The van der Waals surface area contributed by atoms with Crippen LogP contribution in [0.2, 0.25) is 0 Å².